The van der Waals surface area contributed by atoms with E-state index in [4.69, 9.17) is 37.3 Å². The molecule has 0 unspecified atom stereocenters. The Bertz CT molecular complexity index is 3270. The van der Waals surface area contributed by atoms with Gasteiger partial charge in [-0.1, -0.05) is 169 Å². The van der Waals surface area contributed by atoms with Crippen LogP contribution in [0.3, 0.4) is 0 Å². The molecule has 0 aliphatic heterocycles. The van der Waals surface area contributed by atoms with Crippen LogP contribution < -0.4 is 36.1 Å². The van der Waals surface area contributed by atoms with Crippen molar-refractivity contribution in [3.63, 3.8) is 0 Å². The number of hydrogen-bond acceptors (Lipinski definition) is 16. The summed E-state index contributed by atoms with van der Waals surface area (Å²) in [7, 11) is -5.92. The van der Waals surface area contributed by atoms with Gasteiger partial charge in [0.25, 0.3) is 5.91 Å². The second-order valence-corrected chi connectivity index (χ2v) is 36.3. The van der Waals surface area contributed by atoms with Gasteiger partial charge in [0.15, 0.2) is 40.3 Å². The molecule has 5 aromatic carbocycles. The van der Waals surface area contributed by atoms with E-state index in [2.05, 4.69) is 26.6 Å². The van der Waals surface area contributed by atoms with Gasteiger partial charge in [-0.05, 0) is 111 Å². The lowest BCUT2D eigenvalue weighted by Gasteiger charge is -2.41. The van der Waals surface area contributed by atoms with Crippen LogP contribution in [-0.2, 0) is 78.2 Å². The highest BCUT2D eigenvalue weighted by atomic mass is 28.4. The fraction of sp³-hybridized carbons (Fsp3) is 0.457. The topological polar surface area (TPSA) is 291 Å². The number of amides is 5. The summed E-state index contributed by atoms with van der Waals surface area (Å²) in [5, 5.41) is 21.8. The van der Waals surface area contributed by atoms with Crippen LogP contribution in [0, 0.1) is 0 Å². The summed E-state index contributed by atoms with van der Waals surface area (Å²) >= 11 is 0. The van der Waals surface area contributed by atoms with Gasteiger partial charge >= 0.3 is 30.1 Å². The lowest BCUT2D eigenvalue weighted by Crippen LogP contribution is -2.59. The van der Waals surface area contributed by atoms with Gasteiger partial charge in [-0.25, -0.2) is 19.2 Å². The third-order valence-corrected chi connectivity index (χ3v) is 24.8. The quantitative estimate of drug-likeness (QED) is 0.00965. The van der Waals surface area contributed by atoms with Crippen LogP contribution in [-0.4, -0.2) is 125 Å². The number of carboxylic acid groups (broad SMARTS) is 1. The molecule has 5 aromatic rings. The van der Waals surface area contributed by atoms with Gasteiger partial charge in [0.2, 0.25) is 11.8 Å². The zero-order valence-corrected chi connectivity index (χ0v) is 58.4. The first kappa shape index (κ1) is 76.1. The molecule has 0 aliphatic carbocycles. The smallest absolute Gasteiger partial charge is 0.408 e. The average Bonchev–Trinajstić information content (AvgIpc) is 0.829. The third-order valence-electron chi connectivity index (χ3n) is 15.9. The number of carboxylic acids is 1. The van der Waals surface area contributed by atoms with Crippen molar-refractivity contribution < 1.29 is 80.7 Å². The number of alkyl carbamates (subject to hydrolysis) is 2. The third kappa shape index (κ3) is 25.7. The molecular weight excluding hydrogens is 1240 g/mol. The number of para-hydroxylation sites is 1. The van der Waals surface area contributed by atoms with Crippen LogP contribution in [0.5, 0.6) is 11.5 Å². The Morgan fingerprint density at radius 3 is 1.55 bits per heavy atom. The molecular formula is C70H95N5O17Si2. The van der Waals surface area contributed by atoms with Crippen molar-refractivity contribution in [2.75, 3.05) is 19.7 Å². The largest absolute Gasteiger partial charge is 0.485 e. The molecule has 0 heterocycles. The van der Waals surface area contributed by atoms with Crippen LogP contribution >= 0.6 is 0 Å². The Morgan fingerprint density at radius 2 is 1.03 bits per heavy atom. The van der Waals surface area contributed by atoms with E-state index in [1.807, 2.05) is 134 Å². The van der Waals surface area contributed by atoms with Crippen molar-refractivity contribution in [3.8, 4) is 11.5 Å². The minimum Gasteiger partial charge on any atom is -0.485 e. The Balaban J connectivity index is 1.44. The molecule has 6 N–H and O–H groups in total. The molecule has 5 amide bonds. The fourth-order valence-corrected chi connectivity index (χ4v) is 11.3. The van der Waals surface area contributed by atoms with E-state index >= 15 is 0 Å². The predicted molar refractivity (Wildman–Crippen MR) is 359 cm³/mol. The highest BCUT2D eigenvalue weighted by molar-refractivity contribution is 6.74. The van der Waals surface area contributed by atoms with Gasteiger partial charge in [0.05, 0.1) is 24.1 Å². The summed E-state index contributed by atoms with van der Waals surface area (Å²) in [6.45, 7) is 22.4. The molecule has 0 saturated heterocycles. The Kier molecular flexibility index (Phi) is 28.8. The van der Waals surface area contributed by atoms with Crippen LogP contribution in [0.25, 0.3) is 0 Å². The van der Waals surface area contributed by atoms with Gasteiger partial charge in [-0.2, -0.15) is 0 Å². The highest BCUT2D eigenvalue weighted by Gasteiger charge is 2.48. The summed E-state index contributed by atoms with van der Waals surface area (Å²) in [6, 6.07) is 37.2. The minimum atomic E-state index is -3.04. The van der Waals surface area contributed by atoms with E-state index in [1.54, 1.807) is 93.6 Å². The highest BCUT2D eigenvalue weighted by Crippen LogP contribution is 2.40. The summed E-state index contributed by atoms with van der Waals surface area (Å²) in [4.78, 5) is 111. The number of nitrogens with one attached hydrogen (secondary N) is 5. The maximum Gasteiger partial charge on any atom is 0.408 e. The maximum absolute atomic E-state index is 14.7. The van der Waals surface area contributed by atoms with E-state index in [1.165, 1.54) is 0 Å². The zero-order valence-electron chi connectivity index (χ0n) is 56.4. The number of ether oxygens (including phenoxy) is 6. The van der Waals surface area contributed by atoms with Crippen LogP contribution in [0.4, 0.5) is 9.59 Å². The van der Waals surface area contributed by atoms with Crippen molar-refractivity contribution in [2.45, 2.75) is 187 Å². The molecule has 5 rings (SSSR count). The number of carbonyl (C=O) groups is 8. The molecule has 5 atom stereocenters. The molecule has 0 saturated carbocycles. The molecule has 24 heteroatoms. The molecule has 0 fully saturated rings. The summed E-state index contributed by atoms with van der Waals surface area (Å²) in [5.41, 5.74) is 2.28. The fourth-order valence-electron chi connectivity index (χ4n) is 8.71. The number of unbranched alkanes of at least 4 members (excludes halogenated alkanes) is 1. The van der Waals surface area contributed by atoms with Gasteiger partial charge in [0.1, 0.15) is 51.2 Å². The van der Waals surface area contributed by atoms with E-state index in [0.717, 1.165) is 11.1 Å². The maximum atomic E-state index is 14.7. The number of esters is 2. The minimum absolute atomic E-state index is 0.0900. The van der Waals surface area contributed by atoms with Crippen molar-refractivity contribution in [1.29, 1.82) is 0 Å². The number of aliphatic carboxylic acids is 1. The molecule has 0 radical (unpaired) electrons. The second-order valence-electron chi connectivity index (χ2n) is 26.7. The molecule has 0 bridgehead atoms. The first-order valence-electron chi connectivity index (χ1n) is 31.4. The molecule has 0 aliphatic rings. The molecule has 94 heavy (non-hydrogen) atoms. The van der Waals surface area contributed by atoms with Crippen molar-refractivity contribution in [2.24, 2.45) is 0 Å². The van der Waals surface area contributed by atoms with Crippen molar-refractivity contribution in [3.05, 3.63) is 167 Å². The summed E-state index contributed by atoms with van der Waals surface area (Å²) in [5.74, 6) is -5.48. The number of benzene rings is 5. The molecule has 0 aromatic heterocycles. The molecule has 22 nitrogen and oxygen atoms in total. The van der Waals surface area contributed by atoms with E-state index in [0.29, 0.717) is 29.7 Å². The van der Waals surface area contributed by atoms with E-state index in [9.17, 15) is 43.5 Å². The molecule has 510 valence electrons. The lowest BCUT2D eigenvalue weighted by molar-refractivity contribution is -0.163. The Labute approximate surface area is 554 Å². The lowest BCUT2D eigenvalue weighted by atomic mass is 10.0. The van der Waals surface area contributed by atoms with E-state index < -0.39 is 130 Å². The van der Waals surface area contributed by atoms with Gasteiger partial charge in [-0.3, -0.25) is 19.2 Å². The van der Waals surface area contributed by atoms with Crippen LogP contribution in [0.1, 0.15) is 121 Å². The number of hydrogen-bond donors (Lipinski definition) is 6. The normalized spacial score (nSPS) is 13.5. The number of rotatable bonds is 34. The Morgan fingerprint density at radius 1 is 0.521 bits per heavy atom. The SMILES string of the molecule is CC(C)(C)OC(=O)N[C@H](C(=O)OC[C@@H](NC(=O)C[C@@H](O[Si](C)(C)C(C)(C)C)[C@H](CCCCNC(=O)c1cccc(OCc2ccccc2)c1OCc1ccccc1)NC(=O)OCc1ccccc1)C(=O)NCC(=O)O)[C@H](O[Si](C)(C)C(C)(C)C)C(=O)OCc1ccccc1. The monoisotopic (exact) mass is 1330 g/mol. The van der Waals surface area contributed by atoms with Gasteiger partial charge in [-0.15, -0.1) is 0 Å². The first-order valence-corrected chi connectivity index (χ1v) is 37.3. The summed E-state index contributed by atoms with van der Waals surface area (Å²) in [6.07, 6.45) is -4.53. The van der Waals surface area contributed by atoms with Crippen LogP contribution in [0.15, 0.2) is 140 Å². The van der Waals surface area contributed by atoms with Crippen molar-refractivity contribution in [1.82, 2.24) is 26.6 Å². The predicted octanol–water partition coefficient (Wildman–Crippen LogP) is 11.1. The van der Waals surface area contributed by atoms with Crippen molar-refractivity contribution >= 4 is 64.5 Å². The standard InChI is InChI=1S/C70H95N5O17Si2/c1-68(2,3)90-67(84)75-59(61(92-94(12,13)70(7,8)9)65(82)87-45-50-33-22-16-23-34-50)64(81)88-47-54(63(80)72-42-58(77)78)73-57(76)41-56(91-93(10,11)69(4,5)6)53(74-66(83)89-46-51-35-24-17-25-36-51)38-26-27-40-71-62(79)52-37-28-39-55(85-43-48-29-18-14-19-30-48)60(52)86-44-49-31-20-15-21-32-49/h14-25,28-37,39,53-54,56,59,61H,26-27,38,40-47H2,1-13H3,(H,71,79)(H,72,80)(H,73,76)(H,74,83)(H,75,84)(H,77,78)/t53-,54+,56+,59-,61-/m0/s1. The second kappa shape index (κ2) is 35.6. The van der Waals surface area contributed by atoms with Gasteiger partial charge in [0, 0.05) is 6.54 Å². The van der Waals surface area contributed by atoms with Crippen LogP contribution in [0.2, 0.25) is 36.3 Å². The summed E-state index contributed by atoms with van der Waals surface area (Å²) < 4.78 is 48.8. The zero-order chi connectivity index (χ0) is 69.3. The number of carbonyl (C=O) groups excluding carboxylic acids is 7. The van der Waals surface area contributed by atoms with E-state index in [-0.39, 0.29) is 50.7 Å². The van der Waals surface area contributed by atoms with Gasteiger partial charge < -0.3 is 69.0 Å². The first-order chi connectivity index (χ1) is 44.2. The molecule has 0 spiro atoms. The Hall–Kier alpha value is -8.59. The average molecular weight is 1330 g/mol.